The second kappa shape index (κ2) is 6.65. The number of rotatable bonds is 2. The number of carboxylic acid groups (broad SMARTS) is 1. The Hall–Kier alpha value is -1.77. The minimum Gasteiger partial charge on any atom is -0.481 e. The van der Waals surface area contributed by atoms with Crippen LogP contribution in [0.4, 0.5) is 0 Å². The smallest absolute Gasteiger partial charge is 0.307 e. The van der Waals surface area contributed by atoms with Crippen molar-refractivity contribution in [2.24, 2.45) is 0 Å². The van der Waals surface area contributed by atoms with Crippen LogP contribution in [0.3, 0.4) is 0 Å². The summed E-state index contributed by atoms with van der Waals surface area (Å²) in [5.74, 6) is -0.786. The molecule has 0 saturated carbocycles. The van der Waals surface area contributed by atoms with E-state index in [1.165, 1.54) is 6.42 Å². The molecule has 0 aliphatic carbocycles. The summed E-state index contributed by atoms with van der Waals surface area (Å²) in [6, 6.07) is 9.13. The summed E-state index contributed by atoms with van der Waals surface area (Å²) in [5.41, 5.74) is 0.843. The first-order chi connectivity index (χ1) is 7.29. The minimum atomic E-state index is -0.786. The zero-order valence-electron chi connectivity index (χ0n) is 8.52. The molecule has 0 unspecified atom stereocenters. The molecule has 1 aliphatic heterocycles. The predicted molar refractivity (Wildman–Crippen MR) is 59.5 cm³/mol. The van der Waals surface area contributed by atoms with E-state index < -0.39 is 5.97 Å². The van der Waals surface area contributed by atoms with Crippen LogP contribution in [0.25, 0.3) is 0 Å². The van der Waals surface area contributed by atoms with Crippen LogP contribution < -0.4 is 5.32 Å². The van der Waals surface area contributed by atoms with Crippen LogP contribution in [0.5, 0.6) is 0 Å². The van der Waals surface area contributed by atoms with Crippen LogP contribution in [0.1, 0.15) is 12.0 Å². The van der Waals surface area contributed by atoms with Gasteiger partial charge in [0.05, 0.1) is 6.42 Å². The van der Waals surface area contributed by atoms with Crippen molar-refractivity contribution in [3.8, 4) is 0 Å². The molecule has 1 aliphatic rings. The van der Waals surface area contributed by atoms with Gasteiger partial charge in [0.1, 0.15) is 0 Å². The fraction of sp³-hybridized carbons (Fsp3) is 0.250. The van der Waals surface area contributed by atoms with Gasteiger partial charge in [-0.25, -0.2) is 0 Å². The first-order valence-electron chi connectivity index (χ1n) is 4.93. The zero-order chi connectivity index (χ0) is 10.9. The Morgan fingerprint density at radius 2 is 2.07 bits per heavy atom. The number of nitrogens with one attached hydrogen (secondary N) is 1. The van der Waals surface area contributed by atoms with Gasteiger partial charge < -0.3 is 10.4 Å². The van der Waals surface area contributed by atoms with Gasteiger partial charge in [0.15, 0.2) is 0 Å². The topological polar surface area (TPSA) is 49.3 Å². The standard InChI is InChI=1S/C8H8O2.C4H7N/c9-8(10)6-7-4-2-1-3-5-7;1-2-4-5-3-1/h1-5H,6H2,(H,9,10);1,3,5H,2,4H2. The fourth-order valence-corrected chi connectivity index (χ4v) is 1.19. The van der Waals surface area contributed by atoms with Crippen LogP contribution in [0.15, 0.2) is 42.6 Å². The normalized spacial score (nSPS) is 12.5. The lowest BCUT2D eigenvalue weighted by Gasteiger charge is -1.92. The Morgan fingerprint density at radius 3 is 2.47 bits per heavy atom. The lowest BCUT2D eigenvalue weighted by Crippen LogP contribution is -1.98. The van der Waals surface area contributed by atoms with E-state index in [0.717, 1.165) is 12.1 Å². The molecule has 0 atom stereocenters. The molecular formula is C12H15NO2. The summed E-state index contributed by atoms with van der Waals surface area (Å²) in [5, 5.41) is 11.4. The highest BCUT2D eigenvalue weighted by atomic mass is 16.4. The van der Waals surface area contributed by atoms with Gasteiger partial charge in [0.2, 0.25) is 0 Å². The quantitative estimate of drug-likeness (QED) is 0.774. The number of hydrogen-bond acceptors (Lipinski definition) is 2. The summed E-state index contributed by atoms with van der Waals surface area (Å²) in [6.45, 7) is 1.14. The van der Waals surface area contributed by atoms with E-state index >= 15 is 0 Å². The van der Waals surface area contributed by atoms with Crippen molar-refractivity contribution in [1.29, 1.82) is 0 Å². The summed E-state index contributed by atoms with van der Waals surface area (Å²) < 4.78 is 0. The third-order valence-corrected chi connectivity index (χ3v) is 1.89. The van der Waals surface area contributed by atoms with E-state index in [9.17, 15) is 4.79 Å². The van der Waals surface area contributed by atoms with Gasteiger partial charge in [-0.3, -0.25) is 4.79 Å². The molecule has 2 rings (SSSR count). The molecule has 1 aromatic rings. The largest absolute Gasteiger partial charge is 0.481 e. The lowest BCUT2D eigenvalue weighted by atomic mass is 10.2. The zero-order valence-corrected chi connectivity index (χ0v) is 8.52. The molecule has 0 fully saturated rings. The second-order valence-corrected chi connectivity index (χ2v) is 3.20. The summed E-state index contributed by atoms with van der Waals surface area (Å²) >= 11 is 0. The van der Waals surface area contributed by atoms with Crippen molar-refractivity contribution < 1.29 is 9.90 Å². The van der Waals surface area contributed by atoms with Gasteiger partial charge in [-0.2, -0.15) is 0 Å². The lowest BCUT2D eigenvalue weighted by molar-refractivity contribution is -0.136. The first kappa shape index (κ1) is 11.3. The molecule has 3 nitrogen and oxygen atoms in total. The van der Waals surface area contributed by atoms with Gasteiger partial charge in [0.25, 0.3) is 0 Å². The SMILES string of the molecule is C1=CNCC1.O=C(O)Cc1ccccc1. The van der Waals surface area contributed by atoms with Crippen molar-refractivity contribution in [3.63, 3.8) is 0 Å². The molecule has 80 valence electrons. The molecule has 0 amide bonds. The van der Waals surface area contributed by atoms with Crippen molar-refractivity contribution in [2.45, 2.75) is 12.8 Å². The molecule has 1 heterocycles. The number of hydrogen-bond donors (Lipinski definition) is 2. The third-order valence-electron chi connectivity index (χ3n) is 1.89. The van der Waals surface area contributed by atoms with E-state index in [-0.39, 0.29) is 6.42 Å². The second-order valence-electron chi connectivity index (χ2n) is 3.20. The molecule has 0 aromatic heterocycles. The van der Waals surface area contributed by atoms with Gasteiger partial charge in [-0.1, -0.05) is 36.4 Å². The molecule has 0 radical (unpaired) electrons. The van der Waals surface area contributed by atoms with Gasteiger partial charge in [-0.15, -0.1) is 0 Å². The maximum absolute atomic E-state index is 10.2. The highest BCUT2D eigenvalue weighted by Crippen LogP contribution is 1.98. The van der Waals surface area contributed by atoms with E-state index in [4.69, 9.17) is 5.11 Å². The molecule has 15 heavy (non-hydrogen) atoms. The average molecular weight is 205 g/mol. The van der Waals surface area contributed by atoms with Gasteiger partial charge in [-0.05, 0) is 18.2 Å². The van der Waals surface area contributed by atoms with E-state index in [1.54, 1.807) is 12.1 Å². The molecule has 0 bridgehead atoms. The Morgan fingerprint density at radius 1 is 1.33 bits per heavy atom. The Bertz CT molecular complexity index is 314. The third kappa shape index (κ3) is 5.52. The number of carboxylic acids is 1. The fourth-order valence-electron chi connectivity index (χ4n) is 1.19. The van der Waals surface area contributed by atoms with E-state index in [2.05, 4.69) is 11.4 Å². The molecule has 2 N–H and O–H groups in total. The number of aliphatic carboxylic acids is 1. The molecule has 3 heteroatoms. The Balaban J connectivity index is 0.000000187. The van der Waals surface area contributed by atoms with Crippen molar-refractivity contribution in [1.82, 2.24) is 5.32 Å². The van der Waals surface area contributed by atoms with Crippen LogP contribution in [-0.4, -0.2) is 17.6 Å². The van der Waals surface area contributed by atoms with Gasteiger partial charge in [0, 0.05) is 6.54 Å². The highest BCUT2D eigenvalue weighted by molar-refractivity contribution is 5.70. The van der Waals surface area contributed by atoms with E-state index in [0.29, 0.717) is 0 Å². The summed E-state index contributed by atoms with van der Waals surface area (Å²) in [4.78, 5) is 10.2. The van der Waals surface area contributed by atoms with Crippen LogP contribution in [-0.2, 0) is 11.2 Å². The monoisotopic (exact) mass is 205 g/mol. The van der Waals surface area contributed by atoms with Crippen LogP contribution in [0.2, 0.25) is 0 Å². The number of benzene rings is 1. The predicted octanol–water partition coefficient (Wildman–Crippen LogP) is 1.81. The highest BCUT2D eigenvalue weighted by Gasteiger charge is 1.96. The first-order valence-corrected chi connectivity index (χ1v) is 4.93. The van der Waals surface area contributed by atoms with Crippen molar-refractivity contribution in [2.75, 3.05) is 6.54 Å². The molecule has 0 saturated heterocycles. The van der Waals surface area contributed by atoms with Crippen LogP contribution in [0, 0.1) is 0 Å². The summed E-state index contributed by atoms with van der Waals surface area (Å²) in [6.07, 6.45) is 5.43. The molecule has 1 aromatic carbocycles. The maximum atomic E-state index is 10.2. The average Bonchev–Trinajstić information content (AvgIpc) is 2.76. The number of carbonyl (C=O) groups is 1. The Labute approximate surface area is 89.4 Å². The van der Waals surface area contributed by atoms with Crippen molar-refractivity contribution in [3.05, 3.63) is 48.2 Å². The minimum absolute atomic E-state index is 0.112. The Kier molecular flexibility index (Phi) is 5.01. The molecular weight excluding hydrogens is 190 g/mol. The van der Waals surface area contributed by atoms with Crippen molar-refractivity contribution >= 4 is 5.97 Å². The molecule has 0 spiro atoms. The van der Waals surface area contributed by atoms with E-state index in [1.807, 2.05) is 24.4 Å². The van der Waals surface area contributed by atoms with Gasteiger partial charge >= 0.3 is 5.97 Å². The summed E-state index contributed by atoms with van der Waals surface area (Å²) in [7, 11) is 0. The van der Waals surface area contributed by atoms with Crippen LogP contribution >= 0.6 is 0 Å². The maximum Gasteiger partial charge on any atom is 0.307 e.